The fourth-order valence-corrected chi connectivity index (χ4v) is 2.72. The van der Waals surface area contributed by atoms with E-state index in [1.54, 1.807) is 24.4 Å². The first-order valence-corrected chi connectivity index (χ1v) is 7.79. The van der Waals surface area contributed by atoms with E-state index in [0.29, 0.717) is 22.3 Å². The van der Waals surface area contributed by atoms with E-state index in [9.17, 15) is 4.79 Å². The minimum Gasteiger partial charge on any atom is -0.325 e. The summed E-state index contributed by atoms with van der Waals surface area (Å²) in [5.41, 5.74) is 1.62. The molecule has 6 heteroatoms. The van der Waals surface area contributed by atoms with E-state index in [1.165, 1.54) is 0 Å². The Hall–Kier alpha value is -1.62. The first kappa shape index (κ1) is 15.3. The Morgan fingerprint density at radius 2 is 2.14 bits per heavy atom. The Labute approximate surface area is 139 Å². The summed E-state index contributed by atoms with van der Waals surface area (Å²) >= 11 is 11.8. The number of nitrogens with one attached hydrogen (secondary N) is 1. The number of likely N-dealkylation sites (tertiary alicyclic amines) is 1. The van der Waals surface area contributed by atoms with Crippen molar-refractivity contribution in [1.82, 2.24) is 9.88 Å². The maximum atomic E-state index is 12.3. The molecule has 0 spiro atoms. The highest BCUT2D eigenvalue weighted by molar-refractivity contribution is 6.42. The quantitative estimate of drug-likeness (QED) is 0.928. The molecular formula is C16H15Cl2N3O. The summed E-state index contributed by atoms with van der Waals surface area (Å²) in [6.07, 6.45) is 2.61. The molecule has 1 fully saturated rings. The molecule has 1 aliphatic rings. The summed E-state index contributed by atoms with van der Waals surface area (Å²) in [5, 5.41) is 3.78. The maximum Gasteiger partial charge on any atom is 0.241 e. The van der Waals surface area contributed by atoms with Crippen LogP contribution in [0.15, 0.2) is 42.6 Å². The van der Waals surface area contributed by atoms with Gasteiger partial charge in [0.2, 0.25) is 5.91 Å². The van der Waals surface area contributed by atoms with Gasteiger partial charge in [0.05, 0.1) is 21.8 Å². The lowest BCUT2D eigenvalue weighted by Gasteiger charge is -2.39. The van der Waals surface area contributed by atoms with Crippen molar-refractivity contribution in [3.05, 3.63) is 58.3 Å². The van der Waals surface area contributed by atoms with E-state index in [1.807, 2.05) is 18.2 Å². The molecule has 114 valence electrons. The van der Waals surface area contributed by atoms with Crippen molar-refractivity contribution in [2.75, 3.05) is 11.9 Å². The third-order valence-corrected chi connectivity index (χ3v) is 4.45. The van der Waals surface area contributed by atoms with E-state index in [-0.39, 0.29) is 11.9 Å². The van der Waals surface area contributed by atoms with Crippen LogP contribution in [0.25, 0.3) is 0 Å². The van der Waals surface area contributed by atoms with Crippen molar-refractivity contribution < 1.29 is 4.79 Å². The zero-order valence-electron chi connectivity index (χ0n) is 11.8. The molecule has 4 nitrogen and oxygen atoms in total. The molecule has 0 unspecified atom stereocenters. The Morgan fingerprint density at radius 3 is 2.77 bits per heavy atom. The van der Waals surface area contributed by atoms with Gasteiger partial charge in [-0.05, 0) is 36.8 Å². The summed E-state index contributed by atoms with van der Waals surface area (Å²) in [5.74, 6) is -0.0272. The van der Waals surface area contributed by atoms with E-state index < -0.39 is 0 Å². The van der Waals surface area contributed by atoms with Gasteiger partial charge in [0, 0.05) is 25.0 Å². The van der Waals surface area contributed by atoms with Gasteiger partial charge in [-0.25, -0.2) is 0 Å². The van der Waals surface area contributed by atoms with Crippen molar-refractivity contribution in [3.8, 4) is 0 Å². The maximum absolute atomic E-state index is 12.3. The molecule has 1 aliphatic heterocycles. The van der Waals surface area contributed by atoms with Crippen LogP contribution in [0, 0.1) is 0 Å². The number of halogens is 2. The lowest BCUT2D eigenvalue weighted by atomic mass is 10.0. The largest absolute Gasteiger partial charge is 0.325 e. The van der Waals surface area contributed by atoms with Crippen LogP contribution in [0.1, 0.15) is 12.1 Å². The minimum absolute atomic E-state index is 0.0272. The van der Waals surface area contributed by atoms with Crippen molar-refractivity contribution in [1.29, 1.82) is 0 Å². The molecule has 22 heavy (non-hydrogen) atoms. The molecule has 1 N–H and O–H groups in total. The molecule has 1 atom stereocenters. The van der Waals surface area contributed by atoms with Gasteiger partial charge < -0.3 is 5.32 Å². The molecule has 0 saturated carbocycles. The number of hydrogen-bond acceptors (Lipinski definition) is 3. The van der Waals surface area contributed by atoms with Crippen LogP contribution in [-0.2, 0) is 11.3 Å². The topological polar surface area (TPSA) is 45.2 Å². The SMILES string of the molecule is O=C(Nc1ccc(Cl)c(Cl)c1)[C@@H]1CCN1Cc1ccccn1. The fraction of sp³-hybridized carbons (Fsp3) is 0.250. The van der Waals surface area contributed by atoms with E-state index >= 15 is 0 Å². The molecule has 3 rings (SSSR count). The number of anilines is 1. The second-order valence-corrected chi connectivity index (χ2v) is 6.03. The zero-order chi connectivity index (χ0) is 15.5. The number of pyridine rings is 1. The highest BCUT2D eigenvalue weighted by Crippen LogP contribution is 2.26. The van der Waals surface area contributed by atoms with Crippen LogP contribution in [-0.4, -0.2) is 28.4 Å². The number of rotatable bonds is 4. The highest BCUT2D eigenvalue weighted by Gasteiger charge is 2.34. The molecule has 1 aromatic heterocycles. The fourth-order valence-electron chi connectivity index (χ4n) is 2.43. The molecule has 0 radical (unpaired) electrons. The molecule has 0 bridgehead atoms. The second kappa shape index (κ2) is 6.65. The molecule has 1 amide bonds. The first-order chi connectivity index (χ1) is 10.6. The van der Waals surface area contributed by atoms with Crippen LogP contribution in [0.4, 0.5) is 5.69 Å². The third kappa shape index (κ3) is 3.40. The van der Waals surface area contributed by atoms with Crippen molar-refractivity contribution >= 4 is 34.8 Å². The molecule has 2 heterocycles. The minimum atomic E-state index is -0.128. The van der Waals surface area contributed by atoms with Gasteiger partial charge in [0.25, 0.3) is 0 Å². The Bertz CT molecular complexity index is 678. The van der Waals surface area contributed by atoms with Gasteiger partial charge in [-0.3, -0.25) is 14.7 Å². The molecule has 0 aliphatic carbocycles. The van der Waals surface area contributed by atoms with Gasteiger partial charge in [-0.2, -0.15) is 0 Å². The number of carbonyl (C=O) groups excluding carboxylic acids is 1. The predicted octanol–water partition coefficient (Wildman–Crippen LogP) is 3.60. The van der Waals surface area contributed by atoms with Crippen molar-refractivity contribution in [3.63, 3.8) is 0 Å². The predicted molar refractivity (Wildman–Crippen MR) is 88.1 cm³/mol. The van der Waals surface area contributed by atoms with Gasteiger partial charge in [-0.1, -0.05) is 29.3 Å². The summed E-state index contributed by atoms with van der Waals surface area (Å²) in [7, 11) is 0. The van der Waals surface area contributed by atoms with Crippen LogP contribution in [0.3, 0.4) is 0 Å². The number of carbonyl (C=O) groups is 1. The Kier molecular flexibility index (Phi) is 4.62. The summed E-state index contributed by atoms with van der Waals surface area (Å²) in [6.45, 7) is 1.58. The lowest BCUT2D eigenvalue weighted by molar-refractivity contribution is -0.125. The van der Waals surface area contributed by atoms with Gasteiger partial charge in [0.15, 0.2) is 0 Å². The third-order valence-electron chi connectivity index (χ3n) is 3.71. The number of amides is 1. The van der Waals surface area contributed by atoms with E-state index in [0.717, 1.165) is 18.7 Å². The summed E-state index contributed by atoms with van der Waals surface area (Å²) in [4.78, 5) is 18.7. The van der Waals surface area contributed by atoms with Crippen molar-refractivity contribution in [2.45, 2.75) is 19.0 Å². The van der Waals surface area contributed by atoms with Gasteiger partial charge in [-0.15, -0.1) is 0 Å². The number of nitrogens with zero attached hydrogens (tertiary/aromatic N) is 2. The van der Waals surface area contributed by atoms with E-state index in [4.69, 9.17) is 23.2 Å². The average Bonchev–Trinajstić information content (AvgIpc) is 2.48. The highest BCUT2D eigenvalue weighted by atomic mass is 35.5. The van der Waals surface area contributed by atoms with Crippen LogP contribution >= 0.6 is 23.2 Å². The molecule has 1 aromatic carbocycles. The Balaban J connectivity index is 1.61. The smallest absolute Gasteiger partial charge is 0.241 e. The first-order valence-electron chi connectivity index (χ1n) is 7.03. The summed E-state index contributed by atoms with van der Waals surface area (Å²) < 4.78 is 0. The van der Waals surface area contributed by atoms with Gasteiger partial charge in [0.1, 0.15) is 0 Å². The van der Waals surface area contributed by atoms with Crippen LogP contribution in [0.5, 0.6) is 0 Å². The van der Waals surface area contributed by atoms with Crippen LogP contribution < -0.4 is 5.32 Å². The van der Waals surface area contributed by atoms with Crippen molar-refractivity contribution in [2.24, 2.45) is 0 Å². The van der Waals surface area contributed by atoms with Crippen LogP contribution in [0.2, 0.25) is 10.0 Å². The van der Waals surface area contributed by atoms with E-state index in [2.05, 4.69) is 15.2 Å². The normalized spacial score (nSPS) is 17.8. The second-order valence-electron chi connectivity index (χ2n) is 5.21. The van der Waals surface area contributed by atoms with Gasteiger partial charge >= 0.3 is 0 Å². The zero-order valence-corrected chi connectivity index (χ0v) is 13.3. The number of hydrogen-bond donors (Lipinski definition) is 1. The monoisotopic (exact) mass is 335 g/mol. The number of benzene rings is 1. The standard InChI is InChI=1S/C16H15Cl2N3O/c17-13-5-4-11(9-14(13)18)20-16(22)15-6-8-21(15)10-12-3-1-2-7-19-12/h1-5,7,9,15H,6,8,10H2,(H,20,22)/t15-/m0/s1. The summed E-state index contributed by atoms with van der Waals surface area (Å²) in [6, 6.07) is 10.7. The molecular weight excluding hydrogens is 321 g/mol. The average molecular weight is 336 g/mol. The lowest BCUT2D eigenvalue weighted by Crippen LogP contribution is -2.53. The molecule has 1 saturated heterocycles. The Morgan fingerprint density at radius 1 is 1.27 bits per heavy atom. The molecule has 2 aromatic rings. The number of aromatic nitrogens is 1.